The third-order valence-electron chi connectivity index (χ3n) is 1.71. The fourth-order valence-electron chi connectivity index (χ4n) is 1.01. The van der Waals surface area contributed by atoms with Crippen LogP contribution in [-0.2, 0) is 9.53 Å². The number of carboxylic acids is 1. The summed E-state index contributed by atoms with van der Waals surface area (Å²) in [6, 6.07) is 0. The first-order valence-corrected chi connectivity index (χ1v) is 3.77. The number of aliphatic carboxylic acids is 1. The van der Waals surface area contributed by atoms with E-state index in [2.05, 4.69) is 0 Å². The number of hydrogen-bond acceptors (Lipinski definition) is 3. The van der Waals surface area contributed by atoms with Gasteiger partial charge in [0.15, 0.2) is 0 Å². The van der Waals surface area contributed by atoms with E-state index in [9.17, 15) is 4.79 Å². The molecule has 4 nitrogen and oxygen atoms in total. The third kappa shape index (κ3) is 2.37. The summed E-state index contributed by atoms with van der Waals surface area (Å²) in [6.07, 6.45) is 4.92. The lowest BCUT2D eigenvalue weighted by atomic mass is 10.1. The van der Waals surface area contributed by atoms with Crippen LogP contribution < -0.4 is 5.73 Å². The maximum Gasteiger partial charge on any atom is 0.332 e. The summed E-state index contributed by atoms with van der Waals surface area (Å²) in [5, 5.41) is 8.74. The smallest absolute Gasteiger partial charge is 0.332 e. The lowest BCUT2D eigenvalue weighted by Crippen LogP contribution is -2.02. The third-order valence-corrected chi connectivity index (χ3v) is 1.71. The Morgan fingerprint density at radius 2 is 2.31 bits per heavy atom. The highest BCUT2D eigenvalue weighted by atomic mass is 16.5. The van der Waals surface area contributed by atoms with E-state index in [1.165, 1.54) is 13.2 Å². The molecule has 0 saturated carbocycles. The van der Waals surface area contributed by atoms with Crippen molar-refractivity contribution in [3.05, 3.63) is 35.3 Å². The summed E-state index contributed by atoms with van der Waals surface area (Å²) in [4.78, 5) is 10.7. The van der Waals surface area contributed by atoms with E-state index in [0.29, 0.717) is 11.5 Å². The summed E-state index contributed by atoms with van der Waals surface area (Å²) in [6.45, 7) is 0. The van der Waals surface area contributed by atoms with Crippen LogP contribution >= 0.6 is 0 Å². The van der Waals surface area contributed by atoms with Crippen LogP contribution in [0.5, 0.6) is 0 Å². The molecule has 13 heavy (non-hydrogen) atoms. The van der Waals surface area contributed by atoms with Gasteiger partial charge in [-0.1, -0.05) is 0 Å². The number of hydrogen-bond donors (Lipinski definition) is 2. The summed E-state index contributed by atoms with van der Waals surface area (Å²) in [5.74, 6) is -0.395. The number of ether oxygens (including phenoxy) is 1. The number of rotatable bonds is 2. The Morgan fingerprint density at radius 1 is 1.62 bits per heavy atom. The molecule has 70 valence electrons. The lowest BCUT2D eigenvalue weighted by molar-refractivity contribution is -0.132. The summed E-state index contributed by atoms with van der Waals surface area (Å²) >= 11 is 0. The number of nitrogens with two attached hydrogens (primary N) is 1. The quantitative estimate of drug-likeness (QED) is 0.660. The largest absolute Gasteiger partial charge is 0.501 e. The first-order chi connectivity index (χ1) is 6.13. The predicted molar refractivity (Wildman–Crippen MR) is 47.7 cm³/mol. The molecule has 0 radical (unpaired) electrons. The van der Waals surface area contributed by atoms with Crippen LogP contribution in [0.3, 0.4) is 0 Å². The molecule has 1 aliphatic carbocycles. The van der Waals surface area contributed by atoms with E-state index in [1.807, 2.05) is 0 Å². The molecule has 1 rings (SSSR count). The molecule has 0 bridgehead atoms. The van der Waals surface area contributed by atoms with Gasteiger partial charge < -0.3 is 15.6 Å². The zero-order valence-corrected chi connectivity index (χ0v) is 7.28. The molecular weight excluding hydrogens is 170 g/mol. The molecule has 0 saturated heterocycles. The summed E-state index contributed by atoms with van der Waals surface area (Å²) < 4.78 is 4.96. The summed E-state index contributed by atoms with van der Waals surface area (Å²) in [7, 11) is 1.49. The highest BCUT2D eigenvalue weighted by molar-refractivity contribution is 5.87. The average molecular weight is 181 g/mol. The van der Waals surface area contributed by atoms with Gasteiger partial charge in [-0.05, 0) is 18.2 Å². The molecule has 0 unspecified atom stereocenters. The normalized spacial score (nSPS) is 16.5. The first-order valence-electron chi connectivity index (χ1n) is 3.77. The number of methoxy groups -OCH3 is 1. The van der Waals surface area contributed by atoms with Crippen molar-refractivity contribution in [2.24, 2.45) is 5.73 Å². The van der Waals surface area contributed by atoms with Gasteiger partial charge >= 0.3 is 5.97 Å². The van der Waals surface area contributed by atoms with Gasteiger partial charge in [0, 0.05) is 17.7 Å². The average Bonchev–Trinajstić information content (AvgIpc) is 2.26. The SMILES string of the molecule is COC1=CC(N)=CC=C(C(=O)O)C1. The molecule has 0 aromatic heterocycles. The van der Waals surface area contributed by atoms with Crippen LogP contribution in [0.25, 0.3) is 0 Å². The number of carbonyl (C=O) groups is 1. The molecule has 1 aliphatic rings. The second kappa shape index (κ2) is 3.80. The molecule has 0 aromatic rings. The number of allylic oxidation sites excluding steroid dienone is 4. The van der Waals surface area contributed by atoms with E-state index >= 15 is 0 Å². The van der Waals surface area contributed by atoms with Crippen LogP contribution in [0.4, 0.5) is 0 Å². The Hall–Kier alpha value is -1.71. The molecular formula is C9H11NO3. The Labute approximate surface area is 76.0 Å². The van der Waals surface area contributed by atoms with Crippen LogP contribution in [0.2, 0.25) is 0 Å². The van der Waals surface area contributed by atoms with E-state index < -0.39 is 5.97 Å². The molecule has 0 fully saturated rings. The maximum absolute atomic E-state index is 10.7. The van der Waals surface area contributed by atoms with Crippen molar-refractivity contribution in [3.8, 4) is 0 Å². The molecule has 0 heterocycles. The minimum absolute atomic E-state index is 0.267. The van der Waals surface area contributed by atoms with E-state index in [1.54, 1.807) is 12.2 Å². The zero-order chi connectivity index (χ0) is 9.84. The van der Waals surface area contributed by atoms with Crippen molar-refractivity contribution in [1.29, 1.82) is 0 Å². The fraction of sp³-hybridized carbons (Fsp3) is 0.222. The topological polar surface area (TPSA) is 72.5 Å². The lowest BCUT2D eigenvalue weighted by Gasteiger charge is -2.04. The first kappa shape index (κ1) is 9.38. The van der Waals surface area contributed by atoms with Crippen molar-refractivity contribution >= 4 is 5.97 Å². The van der Waals surface area contributed by atoms with Gasteiger partial charge in [0.25, 0.3) is 0 Å². The van der Waals surface area contributed by atoms with Crippen molar-refractivity contribution in [3.63, 3.8) is 0 Å². The molecule has 3 N–H and O–H groups in total. The van der Waals surface area contributed by atoms with E-state index in [-0.39, 0.29) is 12.0 Å². The van der Waals surface area contributed by atoms with Gasteiger partial charge in [-0.2, -0.15) is 0 Å². The minimum atomic E-state index is -0.950. The van der Waals surface area contributed by atoms with Crippen molar-refractivity contribution in [2.75, 3.05) is 7.11 Å². The van der Waals surface area contributed by atoms with E-state index in [4.69, 9.17) is 15.6 Å². The van der Waals surface area contributed by atoms with E-state index in [0.717, 1.165) is 0 Å². The molecule has 0 aromatic carbocycles. The van der Waals surface area contributed by atoms with Crippen LogP contribution in [0, 0.1) is 0 Å². The fourth-order valence-corrected chi connectivity index (χ4v) is 1.01. The Kier molecular flexibility index (Phi) is 2.74. The molecule has 0 atom stereocenters. The maximum atomic E-state index is 10.7. The highest BCUT2D eigenvalue weighted by Gasteiger charge is 2.11. The number of carboxylic acid groups (broad SMARTS) is 1. The molecule has 0 aliphatic heterocycles. The molecule has 4 heteroatoms. The zero-order valence-electron chi connectivity index (χ0n) is 7.28. The van der Waals surface area contributed by atoms with Gasteiger partial charge in [-0.25, -0.2) is 4.79 Å². The van der Waals surface area contributed by atoms with Crippen molar-refractivity contribution in [2.45, 2.75) is 6.42 Å². The van der Waals surface area contributed by atoms with Crippen LogP contribution in [0.15, 0.2) is 35.3 Å². The summed E-state index contributed by atoms with van der Waals surface area (Å²) in [5.41, 5.74) is 6.30. The molecule has 0 amide bonds. The van der Waals surface area contributed by atoms with Crippen molar-refractivity contribution in [1.82, 2.24) is 0 Å². The standard InChI is InChI=1S/C9H11NO3/c1-13-8-4-6(9(11)12)2-3-7(10)5-8/h2-3,5H,4,10H2,1H3,(H,11,12). The van der Waals surface area contributed by atoms with Gasteiger partial charge in [0.1, 0.15) is 5.76 Å². The monoisotopic (exact) mass is 181 g/mol. The molecule has 0 spiro atoms. The Morgan fingerprint density at radius 3 is 2.85 bits per heavy atom. The Bertz CT molecular complexity index is 313. The predicted octanol–water partition coefficient (Wildman–Crippen LogP) is 0.774. The Balaban J connectivity index is 2.95. The second-order valence-corrected chi connectivity index (χ2v) is 2.66. The van der Waals surface area contributed by atoms with Gasteiger partial charge in [-0.15, -0.1) is 0 Å². The van der Waals surface area contributed by atoms with Crippen LogP contribution in [-0.4, -0.2) is 18.2 Å². The van der Waals surface area contributed by atoms with Gasteiger partial charge in [-0.3, -0.25) is 0 Å². The van der Waals surface area contributed by atoms with Crippen molar-refractivity contribution < 1.29 is 14.6 Å². The minimum Gasteiger partial charge on any atom is -0.501 e. The van der Waals surface area contributed by atoms with Gasteiger partial charge in [0.2, 0.25) is 0 Å². The highest BCUT2D eigenvalue weighted by Crippen LogP contribution is 2.16. The van der Waals surface area contributed by atoms with Gasteiger partial charge in [0.05, 0.1) is 7.11 Å². The second-order valence-electron chi connectivity index (χ2n) is 2.66. The van der Waals surface area contributed by atoms with Crippen LogP contribution in [0.1, 0.15) is 6.42 Å².